The first-order chi connectivity index (χ1) is 9.47. The minimum absolute atomic E-state index is 0.241. The van der Waals surface area contributed by atoms with E-state index in [1.165, 1.54) is 11.1 Å². The summed E-state index contributed by atoms with van der Waals surface area (Å²) in [5.41, 5.74) is 7.93. The van der Waals surface area contributed by atoms with Crippen molar-refractivity contribution < 1.29 is 5.21 Å². The van der Waals surface area contributed by atoms with Crippen molar-refractivity contribution in [2.75, 3.05) is 6.54 Å². The van der Waals surface area contributed by atoms with E-state index in [4.69, 9.17) is 10.9 Å². The van der Waals surface area contributed by atoms with Crippen molar-refractivity contribution in [1.82, 2.24) is 10.3 Å². The second-order valence-electron chi connectivity index (χ2n) is 5.81. The zero-order valence-electron chi connectivity index (χ0n) is 12.7. The molecule has 5 nitrogen and oxygen atoms in total. The highest BCUT2D eigenvalue weighted by Crippen LogP contribution is 2.23. The van der Waals surface area contributed by atoms with Gasteiger partial charge < -0.3 is 16.3 Å². The quantitative estimate of drug-likeness (QED) is 0.224. The molecule has 5 heteroatoms. The molecule has 0 spiro atoms. The van der Waals surface area contributed by atoms with Crippen LogP contribution in [0.25, 0.3) is 0 Å². The second-order valence-corrected chi connectivity index (χ2v) is 5.81. The Labute approximate surface area is 121 Å². The van der Waals surface area contributed by atoms with Gasteiger partial charge in [-0.1, -0.05) is 25.4 Å². The standard InChI is InChI=1S/C15H26N4O/c1-12-6-9-18-11-13(12)10-17-8-5-4-7-15(2,3)14(16)19-20/h6,9,11,17,20H,4-5,7-8,10H2,1-3H3,(H2,16,19). The summed E-state index contributed by atoms with van der Waals surface area (Å²) in [6.07, 6.45) is 6.75. The number of unbranched alkanes of at least 4 members (excludes halogenated alkanes) is 1. The summed E-state index contributed by atoms with van der Waals surface area (Å²) in [5, 5.41) is 15.2. The lowest BCUT2D eigenvalue weighted by Gasteiger charge is -2.22. The van der Waals surface area contributed by atoms with Crippen molar-refractivity contribution >= 4 is 5.84 Å². The van der Waals surface area contributed by atoms with Crippen LogP contribution >= 0.6 is 0 Å². The normalized spacial score (nSPS) is 12.7. The summed E-state index contributed by atoms with van der Waals surface area (Å²) in [6, 6.07) is 2.02. The number of hydrogen-bond acceptors (Lipinski definition) is 4. The molecule has 0 atom stereocenters. The monoisotopic (exact) mass is 278 g/mol. The van der Waals surface area contributed by atoms with E-state index in [-0.39, 0.29) is 5.41 Å². The first-order valence-electron chi connectivity index (χ1n) is 7.05. The molecule has 20 heavy (non-hydrogen) atoms. The number of amidine groups is 1. The van der Waals surface area contributed by atoms with Gasteiger partial charge in [-0.2, -0.15) is 0 Å². The highest BCUT2D eigenvalue weighted by molar-refractivity contribution is 5.85. The van der Waals surface area contributed by atoms with Gasteiger partial charge in [0.25, 0.3) is 0 Å². The van der Waals surface area contributed by atoms with E-state index >= 15 is 0 Å². The van der Waals surface area contributed by atoms with Gasteiger partial charge in [-0.25, -0.2) is 0 Å². The van der Waals surface area contributed by atoms with Crippen molar-refractivity contribution in [3.8, 4) is 0 Å². The lowest BCUT2D eigenvalue weighted by atomic mass is 9.86. The molecule has 4 N–H and O–H groups in total. The zero-order chi connectivity index (χ0) is 15.0. The van der Waals surface area contributed by atoms with Gasteiger partial charge in [0.2, 0.25) is 0 Å². The van der Waals surface area contributed by atoms with Crippen LogP contribution in [-0.4, -0.2) is 22.6 Å². The van der Waals surface area contributed by atoms with E-state index in [1.54, 1.807) is 0 Å². The molecular formula is C15H26N4O. The van der Waals surface area contributed by atoms with Gasteiger partial charge in [0, 0.05) is 24.4 Å². The van der Waals surface area contributed by atoms with Crippen LogP contribution in [0.5, 0.6) is 0 Å². The highest BCUT2D eigenvalue weighted by atomic mass is 16.4. The Kier molecular flexibility index (Phi) is 6.45. The molecule has 1 heterocycles. The fourth-order valence-corrected chi connectivity index (χ4v) is 1.99. The van der Waals surface area contributed by atoms with Gasteiger partial charge in [-0.05, 0) is 43.5 Å². The molecule has 0 saturated carbocycles. The molecule has 0 radical (unpaired) electrons. The van der Waals surface area contributed by atoms with Gasteiger partial charge in [-0.3, -0.25) is 4.98 Å². The predicted molar refractivity (Wildman–Crippen MR) is 81.7 cm³/mol. The Morgan fingerprint density at radius 3 is 2.85 bits per heavy atom. The number of nitrogens with two attached hydrogens (primary N) is 1. The Hall–Kier alpha value is -1.62. The number of oxime groups is 1. The van der Waals surface area contributed by atoms with Crippen molar-refractivity contribution in [2.24, 2.45) is 16.3 Å². The van der Waals surface area contributed by atoms with Crippen LogP contribution in [0.15, 0.2) is 23.6 Å². The Morgan fingerprint density at radius 2 is 2.20 bits per heavy atom. The van der Waals surface area contributed by atoms with Gasteiger partial charge in [-0.15, -0.1) is 0 Å². The molecule has 0 aliphatic carbocycles. The number of rotatable bonds is 8. The largest absolute Gasteiger partial charge is 0.409 e. The van der Waals surface area contributed by atoms with E-state index in [9.17, 15) is 0 Å². The summed E-state index contributed by atoms with van der Waals surface area (Å²) in [7, 11) is 0. The van der Waals surface area contributed by atoms with E-state index in [1.807, 2.05) is 32.3 Å². The van der Waals surface area contributed by atoms with Crippen LogP contribution in [0.4, 0.5) is 0 Å². The van der Waals surface area contributed by atoms with E-state index in [0.717, 1.165) is 32.4 Å². The lowest BCUT2D eigenvalue weighted by Crippen LogP contribution is -2.32. The maximum atomic E-state index is 8.71. The first-order valence-corrected chi connectivity index (χ1v) is 7.05. The third kappa shape index (κ3) is 5.17. The number of nitrogens with one attached hydrogen (secondary N) is 1. The summed E-state index contributed by atoms with van der Waals surface area (Å²) in [5.74, 6) is 0.302. The molecule has 1 aromatic heterocycles. The molecule has 0 aliphatic heterocycles. The van der Waals surface area contributed by atoms with Crippen LogP contribution in [-0.2, 0) is 6.54 Å². The van der Waals surface area contributed by atoms with Gasteiger partial charge >= 0.3 is 0 Å². The smallest absolute Gasteiger partial charge is 0.144 e. The van der Waals surface area contributed by atoms with E-state index < -0.39 is 0 Å². The average Bonchev–Trinajstić information content (AvgIpc) is 2.43. The van der Waals surface area contributed by atoms with Crippen LogP contribution in [0.3, 0.4) is 0 Å². The van der Waals surface area contributed by atoms with Crippen LogP contribution in [0.1, 0.15) is 44.2 Å². The molecule has 0 bridgehead atoms. The van der Waals surface area contributed by atoms with Crippen molar-refractivity contribution in [3.05, 3.63) is 29.6 Å². The minimum Gasteiger partial charge on any atom is -0.409 e. The summed E-state index contributed by atoms with van der Waals surface area (Å²) >= 11 is 0. The molecule has 1 rings (SSSR count). The third-order valence-electron chi connectivity index (χ3n) is 3.67. The van der Waals surface area contributed by atoms with Crippen LogP contribution < -0.4 is 11.1 Å². The van der Waals surface area contributed by atoms with Crippen LogP contribution in [0, 0.1) is 12.3 Å². The molecule has 0 aromatic carbocycles. The zero-order valence-corrected chi connectivity index (χ0v) is 12.7. The lowest BCUT2D eigenvalue weighted by molar-refractivity contribution is 0.304. The molecule has 0 unspecified atom stereocenters. The van der Waals surface area contributed by atoms with E-state index in [0.29, 0.717) is 5.84 Å². The van der Waals surface area contributed by atoms with Gasteiger partial charge in [0.05, 0.1) is 0 Å². The van der Waals surface area contributed by atoms with Gasteiger partial charge in [0.1, 0.15) is 5.84 Å². The molecule has 0 aliphatic rings. The number of aromatic nitrogens is 1. The highest BCUT2D eigenvalue weighted by Gasteiger charge is 2.22. The minimum atomic E-state index is -0.241. The van der Waals surface area contributed by atoms with Crippen LogP contribution in [0.2, 0.25) is 0 Å². The fourth-order valence-electron chi connectivity index (χ4n) is 1.99. The summed E-state index contributed by atoms with van der Waals surface area (Å²) in [6.45, 7) is 7.89. The third-order valence-corrected chi connectivity index (χ3v) is 3.67. The fraction of sp³-hybridized carbons (Fsp3) is 0.600. The molecule has 0 fully saturated rings. The Balaban J connectivity index is 2.19. The van der Waals surface area contributed by atoms with Crippen molar-refractivity contribution in [3.63, 3.8) is 0 Å². The second kappa shape index (κ2) is 7.85. The SMILES string of the molecule is Cc1ccncc1CNCCCCC(C)(C)/C(N)=N/O. The molecule has 112 valence electrons. The molecular weight excluding hydrogens is 252 g/mol. The average molecular weight is 278 g/mol. The number of hydrogen-bond donors (Lipinski definition) is 3. The Morgan fingerprint density at radius 1 is 1.45 bits per heavy atom. The maximum Gasteiger partial charge on any atom is 0.144 e. The molecule has 0 saturated heterocycles. The molecule has 0 amide bonds. The molecule has 1 aromatic rings. The van der Waals surface area contributed by atoms with Crippen molar-refractivity contribution in [1.29, 1.82) is 0 Å². The van der Waals surface area contributed by atoms with Crippen molar-refractivity contribution in [2.45, 2.75) is 46.6 Å². The number of pyridine rings is 1. The number of nitrogens with zero attached hydrogens (tertiary/aromatic N) is 2. The number of aryl methyl sites for hydroxylation is 1. The Bertz CT molecular complexity index is 443. The maximum absolute atomic E-state index is 8.71. The predicted octanol–water partition coefficient (Wildman–Crippen LogP) is 2.42. The topological polar surface area (TPSA) is 83.5 Å². The van der Waals surface area contributed by atoms with Gasteiger partial charge in [0.15, 0.2) is 0 Å². The summed E-state index contributed by atoms with van der Waals surface area (Å²) < 4.78 is 0. The first kappa shape index (κ1) is 16.4. The van der Waals surface area contributed by atoms with E-state index in [2.05, 4.69) is 22.4 Å². The summed E-state index contributed by atoms with van der Waals surface area (Å²) in [4.78, 5) is 4.13.